The summed E-state index contributed by atoms with van der Waals surface area (Å²) in [6, 6.07) is 4.96. The van der Waals surface area contributed by atoms with Crippen molar-refractivity contribution in [2.75, 3.05) is 0 Å². The van der Waals surface area contributed by atoms with E-state index in [1.165, 1.54) is 22.8 Å². The smallest absolute Gasteiger partial charge is 0.129 e. The molecular weight excluding hydrogens is 351 g/mol. The Kier molecular flexibility index (Phi) is 4.79. The topological polar surface area (TPSA) is 0 Å². The summed E-state index contributed by atoms with van der Waals surface area (Å²) in [7, 11) is 0. The van der Waals surface area contributed by atoms with Crippen LogP contribution in [0.15, 0.2) is 22.7 Å². The normalized spacial score (nSPS) is 12.6. The van der Waals surface area contributed by atoms with Crippen molar-refractivity contribution in [2.45, 2.75) is 40.0 Å². The van der Waals surface area contributed by atoms with Crippen LogP contribution in [0.2, 0.25) is 0 Å². The van der Waals surface area contributed by atoms with Gasteiger partial charge in [0.05, 0.1) is 5.38 Å². The van der Waals surface area contributed by atoms with Gasteiger partial charge in [-0.05, 0) is 80.1 Å². The van der Waals surface area contributed by atoms with Gasteiger partial charge in [0.15, 0.2) is 0 Å². The zero-order valence-corrected chi connectivity index (χ0v) is 15.3. The molecule has 0 radical (unpaired) electrons. The van der Waals surface area contributed by atoms with E-state index in [1.807, 2.05) is 6.07 Å². The lowest BCUT2D eigenvalue weighted by atomic mass is 9.86. The lowest BCUT2D eigenvalue weighted by molar-refractivity contribution is 0.610. The van der Waals surface area contributed by atoms with Crippen molar-refractivity contribution in [3.63, 3.8) is 0 Å². The quantitative estimate of drug-likeness (QED) is 0.533. The van der Waals surface area contributed by atoms with Crippen LogP contribution in [0.4, 0.5) is 4.39 Å². The molecule has 0 saturated carbocycles. The van der Waals surface area contributed by atoms with Crippen molar-refractivity contribution in [2.24, 2.45) is 0 Å². The van der Waals surface area contributed by atoms with Crippen LogP contribution in [0, 0.1) is 40.4 Å². The van der Waals surface area contributed by atoms with Gasteiger partial charge in [-0.3, -0.25) is 0 Å². The average Bonchev–Trinajstić information content (AvgIpc) is 2.43. The fourth-order valence-corrected chi connectivity index (χ4v) is 4.06. The number of halogens is 3. The summed E-state index contributed by atoms with van der Waals surface area (Å²) >= 11 is 10.1. The first-order valence-corrected chi connectivity index (χ1v) is 8.15. The van der Waals surface area contributed by atoms with Gasteiger partial charge >= 0.3 is 0 Å². The van der Waals surface area contributed by atoms with Crippen molar-refractivity contribution >= 4 is 27.5 Å². The van der Waals surface area contributed by atoms with Crippen molar-refractivity contribution < 1.29 is 4.39 Å². The van der Waals surface area contributed by atoms with Crippen LogP contribution in [0.25, 0.3) is 0 Å². The Balaban J connectivity index is 2.73. The van der Waals surface area contributed by atoms with E-state index in [4.69, 9.17) is 11.6 Å². The second-order valence-corrected chi connectivity index (χ2v) is 6.83. The minimum absolute atomic E-state index is 0.279. The van der Waals surface area contributed by atoms with Crippen LogP contribution in [-0.4, -0.2) is 0 Å². The Morgan fingerprint density at radius 2 is 1.33 bits per heavy atom. The maximum atomic E-state index is 14.2. The maximum Gasteiger partial charge on any atom is 0.129 e. The van der Waals surface area contributed by atoms with E-state index in [9.17, 15) is 4.39 Å². The second kappa shape index (κ2) is 6.10. The highest BCUT2D eigenvalue weighted by molar-refractivity contribution is 9.10. The van der Waals surface area contributed by atoms with E-state index in [0.29, 0.717) is 10.0 Å². The van der Waals surface area contributed by atoms with Crippen molar-refractivity contribution in [1.29, 1.82) is 0 Å². The Morgan fingerprint density at radius 1 is 0.857 bits per heavy atom. The van der Waals surface area contributed by atoms with Gasteiger partial charge in [0.2, 0.25) is 0 Å². The fraction of sp³-hybridized carbons (Fsp3) is 0.333. The molecule has 1 unspecified atom stereocenters. The molecule has 0 nitrogen and oxygen atoms in total. The highest BCUT2D eigenvalue weighted by atomic mass is 79.9. The molecule has 0 aliphatic heterocycles. The highest BCUT2D eigenvalue weighted by Crippen LogP contribution is 2.40. The molecule has 3 heteroatoms. The lowest BCUT2D eigenvalue weighted by Gasteiger charge is -2.23. The Labute approximate surface area is 139 Å². The average molecular weight is 370 g/mol. The zero-order valence-electron chi connectivity index (χ0n) is 12.9. The maximum absolute atomic E-state index is 14.2. The third kappa shape index (κ3) is 2.76. The van der Waals surface area contributed by atoms with Gasteiger partial charge in [-0.1, -0.05) is 22.0 Å². The molecule has 112 valence electrons. The molecular formula is C18H19BrClF. The number of benzene rings is 2. The number of hydrogen-bond donors (Lipinski definition) is 0. The molecule has 2 rings (SSSR count). The first kappa shape index (κ1) is 16.5. The summed E-state index contributed by atoms with van der Waals surface area (Å²) in [5, 5.41) is -0.501. The SMILES string of the molecule is Cc1c(C)c(C)c(C(Cl)c2c(F)cccc2Br)c(C)c1C. The first-order valence-electron chi connectivity index (χ1n) is 6.92. The van der Waals surface area contributed by atoms with Crippen LogP contribution in [0.1, 0.15) is 44.3 Å². The molecule has 2 aromatic carbocycles. The number of rotatable bonds is 2. The number of hydrogen-bond acceptors (Lipinski definition) is 0. The summed E-state index contributed by atoms with van der Waals surface area (Å²) in [6.07, 6.45) is 0. The van der Waals surface area contributed by atoms with Gasteiger partial charge in [0.1, 0.15) is 5.82 Å². The van der Waals surface area contributed by atoms with Crippen LogP contribution >= 0.6 is 27.5 Å². The first-order chi connectivity index (χ1) is 9.77. The molecule has 0 amide bonds. The largest absolute Gasteiger partial charge is 0.207 e. The van der Waals surface area contributed by atoms with Gasteiger partial charge in [-0.25, -0.2) is 4.39 Å². The summed E-state index contributed by atoms with van der Waals surface area (Å²) < 4.78 is 14.9. The molecule has 0 bridgehead atoms. The lowest BCUT2D eigenvalue weighted by Crippen LogP contribution is -2.07. The summed E-state index contributed by atoms with van der Waals surface area (Å²) in [5.41, 5.74) is 7.55. The van der Waals surface area contributed by atoms with Gasteiger partial charge in [0.25, 0.3) is 0 Å². The Bertz CT molecular complexity index is 658. The van der Waals surface area contributed by atoms with E-state index in [-0.39, 0.29) is 5.82 Å². The molecule has 21 heavy (non-hydrogen) atoms. The Morgan fingerprint density at radius 3 is 1.81 bits per heavy atom. The van der Waals surface area contributed by atoms with Crippen LogP contribution < -0.4 is 0 Å². The van der Waals surface area contributed by atoms with Gasteiger partial charge < -0.3 is 0 Å². The van der Waals surface area contributed by atoms with Gasteiger partial charge in [-0.2, -0.15) is 0 Å². The molecule has 0 aliphatic carbocycles. The third-order valence-electron chi connectivity index (χ3n) is 4.56. The minimum Gasteiger partial charge on any atom is -0.207 e. The molecule has 0 aromatic heterocycles. The van der Waals surface area contributed by atoms with E-state index < -0.39 is 5.38 Å². The molecule has 1 atom stereocenters. The molecule has 0 saturated heterocycles. The van der Waals surface area contributed by atoms with E-state index in [2.05, 4.69) is 50.5 Å². The van der Waals surface area contributed by atoms with Crippen LogP contribution in [-0.2, 0) is 0 Å². The summed E-state index contributed by atoms with van der Waals surface area (Å²) in [6.45, 7) is 10.4. The molecule has 0 spiro atoms. The highest BCUT2D eigenvalue weighted by Gasteiger charge is 2.24. The fourth-order valence-electron chi connectivity index (χ4n) is 2.81. The summed E-state index contributed by atoms with van der Waals surface area (Å²) in [5.74, 6) is -0.279. The van der Waals surface area contributed by atoms with Crippen LogP contribution in [0.5, 0.6) is 0 Å². The van der Waals surface area contributed by atoms with Crippen molar-refractivity contribution in [1.82, 2.24) is 0 Å². The van der Waals surface area contributed by atoms with Crippen LogP contribution in [0.3, 0.4) is 0 Å². The second-order valence-electron chi connectivity index (χ2n) is 5.54. The molecule has 0 N–H and O–H groups in total. The predicted octanol–water partition coefficient (Wildman–Crippen LogP) is 6.46. The van der Waals surface area contributed by atoms with Gasteiger partial charge in [-0.15, -0.1) is 11.6 Å². The third-order valence-corrected chi connectivity index (χ3v) is 5.69. The molecule has 0 fully saturated rings. The molecule has 2 aromatic rings. The van der Waals surface area contributed by atoms with Crippen molar-refractivity contribution in [3.8, 4) is 0 Å². The summed E-state index contributed by atoms with van der Waals surface area (Å²) in [4.78, 5) is 0. The van der Waals surface area contributed by atoms with E-state index in [1.54, 1.807) is 6.07 Å². The number of alkyl halides is 1. The van der Waals surface area contributed by atoms with E-state index >= 15 is 0 Å². The zero-order chi connectivity index (χ0) is 15.9. The predicted molar refractivity (Wildman–Crippen MR) is 91.9 cm³/mol. The molecule has 0 heterocycles. The van der Waals surface area contributed by atoms with Crippen molar-refractivity contribution in [3.05, 3.63) is 67.4 Å². The molecule has 0 aliphatic rings. The minimum atomic E-state index is -0.501. The standard InChI is InChI=1S/C18H19BrClF/c1-9-10(2)12(4)16(13(5)11(9)3)18(20)17-14(19)7-6-8-15(17)21/h6-8,18H,1-5H3. The van der Waals surface area contributed by atoms with E-state index in [0.717, 1.165) is 16.7 Å². The Hall–Kier alpha value is -0.860. The monoisotopic (exact) mass is 368 g/mol. The van der Waals surface area contributed by atoms with Gasteiger partial charge in [0, 0.05) is 10.0 Å².